The lowest BCUT2D eigenvalue weighted by molar-refractivity contribution is -0.384. The second-order valence-corrected chi connectivity index (χ2v) is 6.01. The topological polar surface area (TPSA) is 102 Å². The van der Waals surface area contributed by atoms with Gasteiger partial charge in [0.25, 0.3) is 5.69 Å². The van der Waals surface area contributed by atoms with E-state index in [1.165, 1.54) is 12.1 Å². The second-order valence-electron chi connectivity index (χ2n) is 6.01. The zero-order valence-electron chi connectivity index (χ0n) is 13.5. The monoisotopic (exact) mass is 322 g/mol. The van der Waals surface area contributed by atoms with Gasteiger partial charge in [0.1, 0.15) is 5.60 Å². The molecular weight excluding hydrogens is 300 g/mol. The third-order valence-corrected chi connectivity index (χ3v) is 2.78. The normalized spacial score (nSPS) is 12.9. The number of nitro groups is 1. The van der Waals surface area contributed by atoms with Crippen molar-refractivity contribution < 1.29 is 19.6 Å². The Morgan fingerprint density at radius 2 is 2.00 bits per heavy atom. The summed E-state index contributed by atoms with van der Waals surface area (Å²) in [4.78, 5) is 21.7. The molecule has 0 saturated carbocycles. The Morgan fingerprint density at radius 1 is 1.39 bits per heavy atom. The molecule has 1 rings (SSSR count). The maximum absolute atomic E-state index is 11.6. The number of rotatable bonds is 6. The quantitative estimate of drug-likeness (QED) is 0.619. The third kappa shape index (κ3) is 7.42. The summed E-state index contributed by atoms with van der Waals surface area (Å²) in [5, 5.41) is 22.4. The van der Waals surface area contributed by atoms with Crippen LogP contribution in [0.5, 0.6) is 0 Å². The molecule has 126 valence electrons. The van der Waals surface area contributed by atoms with E-state index in [-0.39, 0.29) is 12.3 Å². The molecule has 0 spiro atoms. The van der Waals surface area contributed by atoms with Crippen LogP contribution in [-0.4, -0.2) is 34.4 Å². The molecule has 0 radical (unpaired) electrons. The molecule has 1 amide bonds. The molecule has 2 N–H and O–H groups in total. The molecule has 0 aliphatic carbocycles. The Morgan fingerprint density at radius 3 is 2.48 bits per heavy atom. The summed E-state index contributed by atoms with van der Waals surface area (Å²) in [6.45, 7) is 5.06. The number of hydrogen-bond acceptors (Lipinski definition) is 5. The first kappa shape index (κ1) is 18.6. The lowest BCUT2D eigenvalue weighted by Crippen LogP contribution is -2.40. The summed E-state index contributed by atoms with van der Waals surface area (Å²) in [5.41, 5.74) is 0.227. The highest BCUT2D eigenvalue weighted by Gasteiger charge is 2.18. The smallest absolute Gasteiger partial charge is 0.407 e. The van der Waals surface area contributed by atoms with E-state index in [1.54, 1.807) is 45.1 Å². The van der Waals surface area contributed by atoms with Gasteiger partial charge in [-0.3, -0.25) is 10.1 Å². The number of carbonyl (C=O) groups excluding carboxylic acids is 1. The molecule has 23 heavy (non-hydrogen) atoms. The van der Waals surface area contributed by atoms with E-state index in [2.05, 4.69) is 5.32 Å². The highest BCUT2D eigenvalue weighted by atomic mass is 16.6. The van der Waals surface area contributed by atoms with Crippen LogP contribution < -0.4 is 5.32 Å². The van der Waals surface area contributed by atoms with Gasteiger partial charge < -0.3 is 15.2 Å². The zero-order valence-corrected chi connectivity index (χ0v) is 13.5. The average molecular weight is 322 g/mol. The van der Waals surface area contributed by atoms with Crippen LogP contribution in [0.4, 0.5) is 10.5 Å². The van der Waals surface area contributed by atoms with E-state index in [0.29, 0.717) is 6.42 Å². The summed E-state index contributed by atoms with van der Waals surface area (Å²) in [6, 6.07) is 5.64. The van der Waals surface area contributed by atoms with Gasteiger partial charge in [0.2, 0.25) is 0 Å². The minimum atomic E-state index is -0.599. The Kier molecular flexibility index (Phi) is 6.71. The van der Waals surface area contributed by atoms with Crippen LogP contribution in [0.25, 0.3) is 6.08 Å². The van der Waals surface area contributed by atoms with Crippen molar-refractivity contribution in [2.45, 2.75) is 38.8 Å². The minimum Gasteiger partial charge on any atom is -0.444 e. The molecule has 1 aromatic rings. The van der Waals surface area contributed by atoms with Crippen molar-refractivity contribution in [3.05, 3.63) is 46.0 Å². The van der Waals surface area contributed by atoms with Crippen LogP contribution in [0.2, 0.25) is 0 Å². The van der Waals surface area contributed by atoms with E-state index < -0.39 is 22.7 Å². The summed E-state index contributed by atoms with van der Waals surface area (Å²) in [7, 11) is 0. The van der Waals surface area contributed by atoms with E-state index >= 15 is 0 Å². The lowest BCUT2D eigenvalue weighted by atomic mass is 10.1. The molecular formula is C16H22N2O5. The number of ether oxygens (including phenoxy) is 1. The fourth-order valence-corrected chi connectivity index (χ4v) is 1.73. The van der Waals surface area contributed by atoms with Crippen LogP contribution >= 0.6 is 0 Å². The van der Waals surface area contributed by atoms with Gasteiger partial charge in [-0.15, -0.1) is 0 Å². The molecule has 1 atom stereocenters. The van der Waals surface area contributed by atoms with E-state index in [4.69, 9.17) is 4.74 Å². The van der Waals surface area contributed by atoms with Gasteiger partial charge in [-0.25, -0.2) is 4.79 Å². The fraction of sp³-hybridized carbons (Fsp3) is 0.438. The molecule has 0 saturated heterocycles. The lowest BCUT2D eigenvalue weighted by Gasteiger charge is -2.22. The fourth-order valence-electron chi connectivity index (χ4n) is 1.73. The molecule has 0 aliphatic heterocycles. The van der Waals surface area contributed by atoms with Gasteiger partial charge in [-0.05, 0) is 44.9 Å². The maximum Gasteiger partial charge on any atom is 0.407 e. The molecule has 1 aromatic carbocycles. The molecule has 0 aliphatic rings. The number of amides is 1. The summed E-state index contributed by atoms with van der Waals surface area (Å²) in [5.74, 6) is 0. The SMILES string of the molecule is CC(C)(C)OC(=O)N[C@H](CO)CC=Cc1ccc([N+](=O)[O-])cc1. The third-order valence-electron chi connectivity index (χ3n) is 2.78. The van der Waals surface area contributed by atoms with Gasteiger partial charge in [-0.1, -0.05) is 12.2 Å². The molecule has 7 heteroatoms. The van der Waals surface area contributed by atoms with Gasteiger partial charge in [0.15, 0.2) is 0 Å². The first-order valence-corrected chi connectivity index (χ1v) is 7.22. The number of nitrogens with zero attached hydrogens (tertiary/aromatic N) is 1. The van der Waals surface area contributed by atoms with E-state index in [1.807, 2.05) is 0 Å². The minimum absolute atomic E-state index is 0.0296. The van der Waals surface area contributed by atoms with Crippen LogP contribution in [0.1, 0.15) is 32.8 Å². The first-order valence-electron chi connectivity index (χ1n) is 7.22. The van der Waals surface area contributed by atoms with Gasteiger partial charge in [0.05, 0.1) is 17.6 Å². The Balaban J connectivity index is 2.53. The van der Waals surface area contributed by atoms with Crippen LogP contribution in [-0.2, 0) is 4.74 Å². The number of carbonyl (C=O) groups is 1. The second kappa shape index (κ2) is 8.28. The number of nitrogens with one attached hydrogen (secondary N) is 1. The predicted octanol–water partition coefficient (Wildman–Crippen LogP) is 2.88. The van der Waals surface area contributed by atoms with Crippen LogP contribution in [0, 0.1) is 10.1 Å². The van der Waals surface area contributed by atoms with Gasteiger partial charge in [0, 0.05) is 12.1 Å². The van der Waals surface area contributed by atoms with Crippen molar-refractivity contribution in [1.82, 2.24) is 5.32 Å². The number of hydrogen-bond donors (Lipinski definition) is 2. The Bertz CT molecular complexity index is 561. The Labute approximate surface area is 135 Å². The highest BCUT2D eigenvalue weighted by Crippen LogP contribution is 2.13. The molecule has 0 unspecified atom stereocenters. The number of alkyl carbamates (subject to hydrolysis) is 1. The first-order chi connectivity index (χ1) is 10.7. The summed E-state index contributed by atoms with van der Waals surface area (Å²) >= 11 is 0. The standard InChI is InChI=1S/C16H22N2O5/c1-16(2,3)23-15(20)17-13(11-19)6-4-5-12-7-9-14(10-8-12)18(21)22/h4-5,7-10,13,19H,6,11H2,1-3H3,(H,17,20)/t13-/m0/s1. The summed E-state index contributed by atoms with van der Waals surface area (Å²) in [6.07, 6.45) is 3.37. The Hall–Kier alpha value is -2.41. The van der Waals surface area contributed by atoms with Crippen molar-refractivity contribution >= 4 is 17.9 Å². The number of nitro benzene ring substituents is 1. The van der Waals surface area contributed by atoms with Crippen molar-refractivity contribution in [2.24, 2.45) is 0 Å². The molecule has 0 fully saturated rings. The van der Waals surface area contributed by atoms with Crippen LogP contribution in [0.3, 0.4) is 0 Å². The van der Waals surface area contributed by atoms with Gasteiger partial charge in [-0.2, -0.15) is 0 Å². The average Bonchev–Trinajstić information content (AvgIpc) is 2.44. The number of aliphatic hydroxyl groups excluding tert-OH is 1. The number of non-ortho nitro benzene ring substituents is 1. The van der Waals surface area contributed by atoms with Crippen molar-refractivity contribution in [1.29, 1.82) is 0 Å². The largest absolute Gasteiger partial charge is 0.444 e. The zero-order chi connectivity index (χ0) is 17.5. The summed E-state index contributed by atoms with van der Waals surface area (Å²) < 4.78 is 5.12. The number of aliphatic hydroxyl groups is 1. The molecule has 7 nitrogen and oxygen atoms in total. The van der Waals surface area contributed by atoms with Gasteiger partial charge >= 0.3 is 6.09 Å². The van der Waals surface area contributed by atoms with Crippen molar-refractivity contribution in [2.75, 3.05) is 6.61 Å². The highest BCUT2D eigenvalue weighted by molar-refractivity contribution is 5.68. The molecule has 0 heterocycles. The molecule has 0 aromatic heterocycles. The van der Waals surface area contributed by atoms with E-state index in [9.17, 15) is 20.0 Å². The van der Waals surface area contributed by atoms with E-state index in [0.717, 1.165) is 5.56 Å². The van der Waals surface area contributed by atoms with Crippen molar-refractivity contribution in [3.63, 3.8) is 0 Å². The number of benzene rings is 1. The maximum atomic E-state index is 11.6. The molecule has 0 bridgehead atoms. The predicted molar refractivity (Wildman–Crippen MR) is 87.0 cm³/mol. The van der Waals surface area contributed by atoms with Crippen LogP contribution in [0.15, 0.2) is 30.3 Å². The van der Waals surface area contributed by atoms with Crippen molar-refractivity contribution in [3.8, 4) is 0 Å².